The van der Waals surface area contributed by atoms with E-state index >= 15 is 0 Å². The number of para-hydroxylation sites is 2. The highest BCUT2D eigenvalue weighted by molar-refractivity contribution is 6.11. The van der Waals surface area contributed by atoms with Gasteiger partial charge in [0.15, 0.2) is 6.61 Å². The average molecular weight is 413 g/mol. The molecular weight excluding hydrogens is 390 g/mol. The molecule has 9 heteroatoms. The highest BCUT2D eigenvalue weighted by atomic mass is 16.5. The lowest BCUT2D eigenvalue weighted by Gasteiger charge is -2.29. The van der Waals surface area contributed by atoms with Gasteiger partial charge in [0.05, 0.1) is 23.2 Å². The van der Waals surface area contributed by atoms with Gasteiger partial charge in [0.1, 0.15) is 12.6 Å². The Balaban J connectivity index is 1.40. The Bertz CT molecular complexity index is 905. The number of hydrogen-bond acceptors (Lipinski definition) is 6. The first-order valence-corrected chi connectivity index (χ1v) is 10.1. The van der Waals surface area contributed by atoms with E-state index in [9.17, 15) is 24.0 Å². The molecule has 2 unspecified atom stereocenters. The first-order chi connectivity index (χ1) is 14.4. The van der Waals surface area contributed by atoms with E-state index in [0.29, 0.717) is 24.2 Å². The Morgan fingerprint density at radius 3 is 2.40 bits per heavy atom. The summed E-state index contributed by atoms with van der Waals surface area (Å²) in [6.45, 7) is 0.660. The van der Waals surface area contributed by atoms with Crippen molar-refractivity contribution < 1.29 is 28.7 Å². The molecule has 158 valence electrons. The van der Waals surface area contributed by atoms with Gasteiger partial charge in [-0.2, -0.15) is 0 Å². The van der Waals surface area contributed by atoms with Gasteiger partial charge in [-0.3, -0.25) is 29.0 Å². The van der Waals surface area contributed by atoms with Crippen molar-refractivity contribution in [2.45, 2.75) is 38.6 Å². The molecule has 1 aromatic carbocycles. The molecule has 3 aliphatic rings. The Labute approximate surface area is 173 Å². The van der Waals surface area contributed by atoms with Crippen molar-refractivity contribution in [3.05, 3.63) is 24.3 Å². The predicted molar refractivity (Wildman–Crippen MR) is 105 cm³/mol. The molecule has 2 fully saturated rings. The first-order valence-electron chi connectivity index (χ1n) is 10.1. The Kier molecular flexibility index (Phi) is 5.27. The molecule has 0 aromatic heterocycles. The van der Waals surface area contributed by atoms with Crippen LogP contribution in [0.3, 0.4) is 0 Å². The number of fused-ring (bicyclic) bond motifs is 2. The van der Waals surface area contributed by atoms with Gasteiger partial charge in [-0.15, -0.1) is 0 Å². The highest BCUT2D eigenvalue weighted by Gasteiger charge is 2.51. The molecule has 2 heterocycles. The summed E-state index contributed by atoms with van der Waals surface area (Å²) >= 11 is 0. The number of hydrogen-bond donors (Lipinski definition) is 1. The summed E-state index contributed by atoms with van der Waals surface area (Å²) in [6.07, 6.45) is 3.10. The minimum Gasteiger partial charge on any atom is -0.454 e. The zero-order valence-corrected chi connectivity index (χ0v) is 16.6. The Morgan fingerprint density at radius 1 is 1.10 bits per heavy atom. The fourth-order valence-electron chi connectivity index (χ4n) is 4.46. The van der Waals surface area contributed by atoms with E-state index in [-0.39, 0.29) is 36.1 Å². The van der Waals surface area contributed by atoms with Crippen LogP contribution in [-0.4, -0.2) is 53.7 Å². The maximum Gasteiger partial charge on any atom is 0.329 e. The Morgan fingerprint density at radius 2 is 1.73 bits per heavy atom. The number of amides is 4. The van der Waals surface area contributed by atoms with Gasteiger partial charge in [-0.05, 0) is 31.9 Å². The maximum absolute atomic E-state index is 12.6. The summed E-state index contributed by atoms with van der Waals surface area (Å²) in [7, 11) is 0. The lowest BCUT2D eigenvalue weighted by Crippen LogP contribution is -2.47. The van der Waals surface area contributed by atoms with Crippen LogP contribution < -0.4 is 10.2 Å². The number of nitrogens with zero attached hydrogens (tertiary/aromatic N) is 2. The number of likely N-dealkylation sites (tertiary alicyclic amines) is 1. The van der Waals surface area contributed by atoms with E-state index in [1.54, 1.807) is 24.3 Å². The number of carbonyl (C=O) groups excluding carboxylic acids is 5. The smallest absolute Gasteiger partial charge is 0.329 e. The van der Waals surface area contributed by atoms with Crippen LogP contribution in [0.4, 0.5) is 11.4 Å². The number of esters is 1. The summed E-state index contributed by atoms with van der Waals surface area (Å²) in [4.78, 5) is 64.5. The molecule has 0 bridgehead atoms. The second-order valence-corrected chi connectivity index (χ2v) is 7.87. The number of anilines is 2. The van der Waals surface area contributed by atoms with Gasteiger partial charge >= 0.3 is 5.97 Å². The zero-order chi connectivity index (χ0) is 21.4. The lowest BCUT2D eigenvalue weighted by atomic mass is 9.81. The minimum absolute atomic E-state index is 0.185. The van der Waals surface area contributed by atoms with Crippen LogP contribution in [0.15, 0.2) is 24.3 Å². The van der Waals surface area contributed by atoms with Crippen molar-refractivity contribution in [3.8, 4) is 0 Å². The fourth-order valence-corrected chi connectivity index (χ4v) is 4.46. The van der Waals surface area contributed by atoms with E-state index in [1.165, 1.54) is 11.8 Å². The molecule has 0 spiro atoms. The van der Waals surface area contributed by atoms with Crippen molar-refractivity contribution in [2.24, 2.45) is 11.8 Å². The van der Waals surface area contributed by atoms with Crippen LogP contribution in [0, 0.1) is 11.8 Å². The predicted octanol–water partition coefficient (Wildman–Crippen LogP) is 1.08. The van der Waals surface area contributed by atoms with Crippen molar-refractivity contribution in [1.82, 2.24) is 4.90 Å². The van der Waals surface area contributed by atoms with Crippen molar-refractivity contribution >= 4 is 41.0 Å². The van der Waals surface area contributed by atoms with Gasteiger partial charge in [0.2, 0.25) is 17.7 Å². The van der Waals surface area contributed by atoms with Gasteiger partial charge in [-0.1, -0.05) is 25.0 Å². The summed E-state index contributed by atoms with van der Waals surface area (Å²) < 4.78 is 5.12. The maximum atomic E-state index is 12.6. The van der Waals surface area contributed by atoms with Crippen molar-refractivity contribution in [2.75, 3.05) is 23.4 Å². The van der Waals surface area contributed by atoms with Gasteiger partial charge in [0, 0.05) is 0 Å². The molecule has 9 nitrogen and oxygen atoms in total. The van der Waals surface area contributed by atoms with E-state index in [1.807, 2.05) is 0 Å². The molecule has 1 aromatic rings. The van der Waals surface area contributed by atoms with Crippen molar-refractivity contribution in [3.63, 3.8) is 0 Å². The lowest BCUT2D eigenvalue weighted by molar-refractivity contribution is -0.159. The SMILES string of the molecule is C[C@@H](C(=O)OCC(=O)N1CC(=O)Nc2ccccc21)N1C(=O)C2CCCCC2C1=O. The van der Waals surface area contributed by atoms with Crippen molar-refractivity contribution in [1.29, 1.82) is 0 Å². The number of benzene rings is 1. The third kappa shape index (κ3) is 3.44. The molecule has 1 saturated carbocycles. The van der Waals surface area contributed by atoms with E-state index in [2.05, 4.69) is 5.32 Å². The molecule has 3 atom stereocenters. The molecule has 4 amide bonds. The topological polar surface area (TPSA) is 113 Å². The number of rotatable bonds is 4. The third-order valence-corrected chi connectivity index (χ3v) is 6.01. The van der Waals surface area contributed by atoms with Crippen LogP contribution >= 0.6 is 0 Å². The summed E-state index contributed by atoms with van der Waals surface area (Å²) in [5, 5.41) is 2.68. The summed E-state index contributed by atoms with van der Waals surface area (Å²) in [5.74, 6) is -3.11. The van der Waals surface area contributed by atoms with Crippen LogP contribution in [0.1, 0.15) is 32.6 Å². The molecule has 1 saturated heterocycles. The quantitative estimate of drug-likeness (QED) is 0.584. The van der Waals surface area contributed by atoms with Gasteiger partial charge in [-0.25, -0.2) is 4.79 Å². The zero-order valence-electron chi connectivity index (χ0n) is 16.6. The molecule has 1 N–H and O–H groups in total. The highest BCUT2D eigenvalue weighted by Crippen LogP contribution is 2.39. The first kappa shape index (κ1) is 20.1. The van der Waals surface area contributed by atoms with E-state index < -0.39 is 24.5 Å². The number of ether oxygens (including phenoxy) is 1. The monoisotopic (exact) mass is 413 g/mol. The average Bonchev–Trinajstić information content (AvgIpc) is 3.01. The second-order valence-electron chi connectivity index (χ2n) is 7.87. The van der Waals surface area contributed by atoms with Crippen LogP contribution in [-0.2, 0) is 28.7 Å². The number of carbonyl (C=O) groups is 5. The molecular formula is C21H23N3O6. The van der Waals surface area contributed by atoms with Crippen LogP contribution in [0.2, 0.25) is 0 Å². The molecule has 30 heavy (non-hydrogen) atoms. The van der Waals surface area contributed by atoms with Gasteiger partial charge < -0.3 is 10.1 Å². The fraction of sp³-hybridized carbons (Fsp3) is 0.476. The minimum atomic E-state index is -1.10. The number of nitrogens with one attached hydrogen (secondary N) is 1. The van der Waals surface area contributed by atoms with E-state index in [4.69, 9.17) is 4.74 Å². The molecule has 0 radical (unpaired) electrons. The molecule has 1 aliphatic carbocycles. The molecule has 2 aliphatic heterocycles. The Hall–Kier alpha value is -3.23. The third-order valence-electron chi connectivity index (χ3n) is 6.01. The summed E-state index contributed by atoms with van der Waals surface area (Å²) in [5.41, 5.74) is 1.01. The normalized spacial score (nSPS) is 24.1. The van der Waals surface area contributed by atoms with Gasteiger partial charge in [0.25, 0.3) is 5.91 Å². The molecule has 4 rings (SSSR count). The largest absolute Gasteiger partial charge is 0.454 e. The number of imide groups is 1. The van der Waals surface area contributed by atoms with Crippen LogP contribution in [0.5, 0.6) is 0 Å². The van der Waals surface area contributed by atoms with Crippen LogP contribution in [0.25, 0.3) is 0 Å². The van der Waals surface area contributed by atoms with E-state index in [0.717, 1.165) is 17.7 Å². The second kappa shape index (κ2) is 7.89. The summed E-state index contributed by atoms with van der Waals surface area (Å²) in [6, 6.07) is 5.72. The standard InChI is InChI=1S/C21H23N3O6/c1-12(24-19(27)13-6-2-3-7-14(13)20(24)28)21(29)30-11-18(26)23-10-17(25)22-15-8-4-5-9-16(15)23/h4-5,8-9,12-14H,2-3,6-7,10-11H2,1H3,(H,22,25)/t12-,13?,14?/m0/s1.